The van der Waals surface area contributed by atoms with Gasteiger partial charge in [0.05, 0.1) is 8.07 Å². The second kappa shape index (κ2) is 7.48. The maximum Gasteiger partial charge on any atom is 1.00 e. The minimum atomic E-state index is -1.68. The van der Waals surface area contributed by atoms with Crippen LogP contribution in [0.15, 0.2) is 72.8 Å². The molecule has 0 nitrogen and oxygen atoms in total. The van der Waals surface area contributed by atoms with Gasteiger partial charge in [-0.15, -0.1) is 0 Å². The minimum Gasteiger partial charge on any atom is -1.00 e. The Hall–Kier alpha value is -1.79. The van der Waals surface area contributed by atoms with Crippen LogP contribution in [0, 0.1) is 5.92 Å². The van der Waals surface area contributed by atoms with Crippen LogP contribution in [0.1, 0.15) is 48.6 Å². The quantitative estimate of drug-likeness (QED) is 0.571. The molecule has 0 spiro atoms. The van der Waals surface area contributed by atoms with Crippen molar-refractivity contribution in [2.24, 2.45) is 5.92 Å². The van der Waals surface area contributed by atoms with E-state index in [1.165, 1.54) is 21.9 Å². The van der Waals surface area contributed by atoms with Gasteiger partial charge in [-0.1, -0.05) is 106 Å². The standard InChI is InChI=1S/C27H28Si.Li.H/c1-18(2)25-17-27(23-12-8-7-11-21(23)25)28(3,4)26-16-15-22-20-10-6-5-9-19(20)13-14-24(22)26;;/h5-18,26-27H,1-4H3;;/q;+1;-1. The Kier molecular flexibility index (Phi) is 5.28. The van der Waals surface area contributed by atoms with Crippen molar-refractivity contribution >= 4 is 30.5 Å². The summed E-state index contributed by atoms with van der Waals surface area (Å²) < 4.78 is 0. The zero-order chi connectivity index (χ0) is 19.5. The summed E-state index contributed by atoms with van der Waals surface area (Å²) in [5.41, 5.74) is 8.72. The minimum absolute atomic E-state index is 0. The van der Waals surface area contributed by atoms with Crippen LogP contribution in [0.25, 0.3) is 22.4 Å². The first-order chi connectivity index (χ1) is 13.5. The Morgan fingerprint density at radius 3 is 2.34 bits per heavy atom. The number of rotatable bonds is 3. The summed E-state index contributed by atoms with van der Waals surface area (Å²) in [7, 11) is -1.68. The molecular weight excluding hydrogens is 359 g/mol. The average molecular weight is 389 g/mol. The predicted molar refractivity (Wildman–Crippen MR) is 126 cm³/mol. The topological polar surface area (TPSA) is 0 Å². The van der Waals surface area contributed by atoms with Gasteiger partial charge in [0.25, 0.3) is 0 Å². The summed E-state index contributed by atoms with van der Waals surface area (Å²) in [4.78, 5) is 0. The van der Waals surface area contributed by atoms with Gasteiger partial charge in [0.2, 0.25) is 0 Å². The second-order valence-electron chi connectivity index (χ2n) is 9.29. The zero-order valence-electron chi connectivity index (χ0n) is 19.2. The van der Waals surface area contributed by atoms with Gasteiger partial charge in [-0.05, 0) is 55.6 Å². The van der Waals surface area contributed by atoms with Crippen molar-refractivity contribution in [1.29, 1.82) is 0 Å². The summed E-state index contributed by atoms with van der Waals surface area (Å²) in [6.45, 7) is 9.84. The van der Waals surface area contributed by atoms with E-state index in [0.29, 0.717) is 17.0 Å². The monoisotopic (exact) mass is 388 g/mol. The molecule has 0 bridgehead atoms. The molecule has 0 aromatic heterocycles. The van der Waals surface area contributed by atoms with Gasteiger partial charge in [0, 0.05) is 0 Å². The molecule has 29 heavy (non-hydrogen) atoms. The zero-order valence-corrected chi connectivity index (χ0v) is 19.2. The number of allylic oxidation sites excluding steroid dienone is 3. The molecule has 0 radical (unpaired) electrons. The summed E-state index contributed by atoms with van der Waals surface area (Å²) >= 11 is 0. The molecule has 3 aromatic carbocycles. The molecule has 0 N–H and O–H groups in total. The van der Waals surface area contributed by atoms with E-state index >= 15 is 0 Å². The van der Waals surface area contributed by atoms with Crippen LogP contribution in [0.2, 0.25) is 13.1 Å². The molecule has 0 heterocycles. The van der Waals surface area contributed by atoms with Crippen LogP contribution in [0.4, 0.5) is 0 Å². The Morgan fingerprint density at radius 2 is 1.55 bits per heavy atom. The molecule has 3 aromatic rings. The Bertz CT molecular complexity index is 1140. The fourth-order valence-corrected chi connectivity index (χ4v) is 9.11. The first-order valence-electron chi connectivity index (χ1n) is 10.5. The third-order valence-corrected chi connectivity index (χ3v) is 11.2. The Balaban J connectivity index is 0.00000128. The van der Waals surface area contributed by atoms with Gasteiger partial charge >= 0.3 is 18.9 Å². The van der Waals surface area contributed by atoms with Crippen molar-refractivity contribution in [3.05, 3.63) is 95.1 Å². The molecule has 2 unspecified atom stereocenters. The Labute approximate surface area is 189 Å². The SMILES string of the molecule is CC(C)C1=CC([Si](C)(C)C2C=Cc3c2ccc2ccccc32)c2ccccc21.[H-].[Li+]. The third kappa shape index (κ3) is 3.12. The molecule has 0 saturated carbocycles. The fourth-order valence-electron chi connectivity index (χ4n) is 5.42. The molecule has 142 valence electrons. The van der Waals surface area contributed by atoms with Gasteiger partial charge in [-0.2, -0.15) is 0 Å². The maximum atomic E-state index is 2.62. The van der Waals surface area contributed by atoms with E-state index in [1.807, 2.05) is 0 Å². The van der Waals surface area contributed by atoms with Gasteiger partial charge < -0.3 is 1.43 Å². The Morgan fingerprint density at radius 1 is 0.828 bits per heavy atom. The van der Waals surface area contributed by atoms with E-state index in [2.05, 4.69) is 106 Å². The molecule has 5 rings (SSSR count). The summed E-state index contributed by atoms with van der Waals surface area (Å²) in [5, 5.41) is 2.74. The van der Waals surface area contributed by atoms with Crippen molar-refractivity contribution in [3.63, 3.8) is 0 Å². The van der Waals surface area contributed by atoms with Crippen LogP contribution in [0.5, 0.6) is 0 Å². The van der Waals surface area contributed by atoms with E-state index in [1.54, 1.807) is 16.7 Å². The largest absolute Gasteiger partial charge is 1.00 e. The average Bonchev–Trinajstić information content (AvgIpc) is 3.31. The van der Waals surface area contributed by atoms with Crippen molar-refractivity contribution < 1.29 is 20.3 Å². The van der Waals surface area contributed by atoms with Crippen molar-refractivity contribution in [3.8, 4) is 0 Å². The second-order valence-corrected chi connectivity index (χ2v) is 14.2. The molecule has 0 amide bonds. The van der Waals surface area contributed by atoms with Gasteiger partial charge in [-0.3, -0.25) is 0 Å². The molecule has 2 atom stereocenters. The molecule has 2 aliphatic rings. The molecular formula is C27H29LiSi. The smallest absolute Gasteiger partial charge is 1.00 e. The fraction of sp³-hybridized carbons (Fsp3) is 0.259. The van der Waals surface area contributed by atoms with E-state index in [4.69, 9.17) is 0 Å². The van der Waals surface area contributed by atoms with Gasteiger partial charge in [0.15, 0.2) is 0 Å². The van der Waals surface area contributed by atoms with Crippen LogP contribution >= 0.6 is 0 Å². The first kappa shape index (κ1) is 20.5. The van der Waals surface area contributed by atoms with Crippen LogP contribution < -0.4 is 18.9 Å². The van der Waals surface area contributed by atoms with Crippen LogP contribution in [-0.4, -0.2) is 8.07 Å². The number of hydrogen-bond donors (Lipinski definition) is 0. The predicted octanol–water partition coefficient (Wildman–Crippen LogP) is 4.69. The van der Waals surface area contributed by atoms with Gasteiger partial charge in [0.1, 0.15) is 0 Å². The summed E-state index contributed by atoms with van der Waals surface area (Å²) in [6.07, 6.45) is 7.52. The third-order valence-electron chi connectivity index (χ3n) is 6.97. The molecule has 2 aliphatic carbocycles. The van der Waals surface area contributed by atoms with Crippen molar-refractivity contribution in [1.82, 2.24) is 0 Å². The maximum absolute atomic E-state index is 2.62. The molecule has 0 saturated heterocycles. The molecule has 0 aliphatic heterocycles. The van der Waals surface area contributed by atoms with E-state index in [0.717, 1.165) is 0 Å². The summed E-state index contributed by atoms with van der Waals surface area (Å²) in [5.74, 6) is 0.575. The first-order valence-corrected chi connectivity index (χ1v) is 13.6. The van der Waals surface area contributed by atoms with Crippen LogP contribution in [-0.2, 0) is 0 Å². The van der Waals surface area contributed by atoms with E-state index < -0.39 is 8.07 Å². The van der Waals surface area contributed by atoms with E-state index in [-0.39, 0.29) is 20.3 Å². The molecule has 0 fully saturated rings. The van der Waals surface area contributed by atoms with Gasteiger partial charge in [-0.25, -0.2) is 0 Å². The van der Waals surface area contributed by atoms with Crippen molar-refractivity contribution in [2.45, 2.75) is 38.0 Å². The number of hydrogen-bond acceptors (Lipinski definition) is 0. The van der Waals surface area contributed by atoms with Crippen LogP contribution in [0.3, 0.4) is 0 Å². The van der Waals surface area contributed by atoms with E-state index in [9.17, 15) is 0 Å². The summed E-state index contributed by atoms with van der Waals surface area (Å²) in [6, 6.07) is 22.6. The normalized spacial score (nSPS) is 19.8. The number of fused-ring (bicyclic) bond motifs is 4. The molecule has 2 heteroatoms. The van der Waals surface area contributed by atoms with Crippen molar-refractivity contribution in [2.75, 3.05) is 0 Å². The number of benzene rings is 3.